The molecule has 0 bridgehead atoms. The number of nitriles is 1. The number of benzene rings is 1. The highest BCUT2D eigenvalue weighted by Gasteiger charge is 2.23. The van der Waals surface area contributed by atoms with Gasteiger partial charge in [-0.1, -0.05) is 0 Å². The normalized spacial score (nSPS) is 13.1. The summed E-state index contributed by atoms with van der Waals surface area (Å²) in [5.74, 6) is -0.144. The Morgan fingerprint density at radius 2 is 2.47 bits per heavy atom. The van der Waals surface area contributed by atoms with Gasteiger partial charge in [0.25, 0.3) is 0 Å². The summed E-state index contributed by atoms with van der Waals surface area (Å²) in [6.07, 6.45) is 0.711. The molecule has 0 unspecified atom stereocenters. The SMILES string of the molecule is COCc1cc(F)c(C#N)c2c1CCO2. The summed E-state index contributed by atoms with van der Waals surface area (Å²) in [6.45, 7) is 0.846. The third kappa shape index (κ3) is 1.55. The molecule has 78 valence electrons. The molecule has 0 N–H and O–H groups in total. The number of ether oxygens (including phenoxy) is 2. The number of nitrogens with zero attached hydrogens (tertiary/aromatic N) is 1. The number of methoxy groups -OCH3 is 1. The van der Waals surface area contributed by atoms with E-state index in [1.165, 1.54) is 6.07 Å². The Hall–Kier alpha value is -1.60. The molecule has 0 radical (unpaired) electrons. The average molecular weight is 207 g/mol. The van der Waals surface area contributed by atoms with Gasteiger partial charge in [0.05, 0.1) is 13.2 Å². The van der Waals surface area contributed by atoms with Crippen LogP contribution in [0.4, 0.5) is 4.39 Å². The molecular formula is C11H10FNO2. The second-order valence-electron chi connectivity index (χ2n) is 3.34. The van der Waals surface area contributed by atoms with Crippen LogP contribution in [0.15, 0.2) is 6.07 Å². The topological polar surface area (TPSA) is 42.2 Å². The molecule has 0 aromatic heterocycles. The van der Waals surface area contributed by atoms with Crippen molar-refractivity contribution in [1.82, 2.24) is 0 Å². The lowest BCUT2D eigenvalue weighted by Crippen LogP contribution is -1.98. The minimum Gasteiger partial charge on any atom is -0.491 e. The molecule has 4 heteroatoms. The van der Waals surface area contributed by atoms with E-state index in [0.29, 0.717) is 25.4 Å². The summed E-state index contributed by atoms with van der Waals surface area (Å²) in [6, 6.07) is 3.18. The molecule has 0 saturated carbocycles. The number of halogens is 1. The minimum atomic E-state index is -0.537. The number of hydrogen-bond acceptors (Lipinski definition) is 3. The first-order valence-electron chi connectivity index (χ1n) is 4.64. The minimum absolute atomic E-state index is 0.00218. The highest BCUT2D eigenvalue weighted by Crippen LogP contribution is 2.34. The molecule has 0 saturated heterocycles. The first-order valence-corrected chi connectivity index (χ1v) is 4.64. The van der Waals surface area contributed by atoms with Gasteiger partial charge in [0.15, 0.2) is 0 Å². The van der Waals surface area contributed by atoms with E-state index in [9.17, 15) is 4.39 Å². The van der Waals surface area contributed by atoms with Crippen molar-refractivity contribution in [3.05, 3.63) is 28.6 Å². The van der Waals surface area contributed by atoms with Crippen LogP contribution in [0.1, 0.15) is 16.7 Å². The van der Waals surface area contributed by atoms with E-state index in [-0.39, 0.29) is 5.56 Å². The predicted molar refractivity (Wildman–Crippen MR) is 51.0 cm³/mol. The quantitative estimate of drug-likeness (QED) is 0.742. The zero-order chi connectivity index (χ0) is 10.8. The zero-order valence-electron chi connectivity index (χ0n) is 8.34. The van der Waals surface area contributed by atoms with Crippen molar-refractivity contribution in [2.75, 3.05) is 13.7 Å². The largest absolute Gasteiger partial charge is 0.491 e. The Balaban J connectivity index is 2.58. The molecule has 3 nitrogen and oxygen atoms in total. The molecule has 1 aromatic carbocycles. The van der Waals surface area contributed by atoms with Gasteiger partial charge in [-0.15, -0.1) is 0 Å². The van der Waals surface area contributed by atoms with Crippen molar-refractivity contribution in [3.8, 4) is 11.8 Å². The average Bonchev–Trinajstić information content (AvgIpc) is 2.67. The number of hydrogen-bond donors (Lipinski definition) is 0. The van der Waals surface area contributed by atoms with Crippen molar-refractivity contribution in [2.24, 2.45) is 0 Å². The van der Waals surface area contributed by atoms with Gasteiger partial charge in [0, 0.05) is 19.1 Å². The first kappa shape index (κ1) is 9.94. The van der Waals surface area contributed by atoms with Crippen molar-refractivity contribution < 1.29 is 13.9 Å². The smallest absolute Gasteiger partial charge is 0.145 e. The van der Waals surface area contributed by atoms with Gasteiger partial charge in [-0.05, 0) is 11.6 Å². The Bertz CT molecular complexity index is 437. The van der Waals surface area contributed by atoms with Crippen LogP contribution in [-0.2, 0) is 17.8 Å². The van der Waals surface area contributed by atoms with Gasteiger partial charge in [-0.3, -0.25) is 0 Å². The molecule has 15 heavy (non-hydrogen) atoms. The number of rotatable bonds is 2. The lowest BCUT2D eigenvalue weighted by Gasteiger charge is -2.08. The lowest BCUT2D eigenvalue weighted by atomic mass is 10.0. The maximum Gasteiger partial charge on any atom is 0.145 e. The van der Waals surface area contributed by atoms with Gasteiger partial charge in [0.2, 0.25) is 0 Å². The lowest BCUT2D eigenvalue weighted by molar-refractivity contribution is 0.184. The van der Waals surface area contributed by atoms with Crippen LogP contribution in [0.5, 0.6) is 5.75 Å². The van der Waals surface area contributed by atoms with E-state index >= 15 is 0 Å². The molecular weight excluding hydrogens is 197 g/mol. The van der Waals surface area contributed by atoms with Gasteiger partial charge in [-0.25, -0.2) is 4.39 Å². The Morgan fingerprint density at radius 3 is 3.13 bits per heavy atom. The number of fused-ring (bicyclic) bond motifs is 1. The molecule has 2 rings (SSSR count). The standard InChI is InChI=1S/C11H10FNO2/c1-14-6-7-4-10(12)9(5-13)11-8(7)2-3-15-11/h4H,2-3,6H2,1H3. The summed E-state index contributed by atoms with van der Waals surface area (Å²) in [5.41, 5.74) is 1.67. The van der Waals surface area contributed by atoms with Crippen molar-refractivity contribution in [2.45, 2.75) is 13.0 Å². The first-order chi connectivity index (χ1) is 7.27. The molecule has 1 aliphatic rings. The molecule has 1 aliphatic heterocycles. The van der Waals surface area contributed by atoms with Crippen LogP contribution in [0, 0.1) is 17.1 Å². The fraction of sp³-hybridized carbons (Fsp3) is 0.364. The van der Waals surface area contributed by atoms with E-state index in [1.54, 1.807) is 7.11 Å². The second kappa shape index (κ2) is 3.87. The molecule has 1 aromatic rings. The third-order valence-electron chi connectivity index (χ3n) is 2.44. The van der Waals surface area contributed by atoms with Crippen LogP contribution in [-0.4, -0.2) is 13.7 Å². The molecule has 0 amide bonds. The fourth-order valence-electron chi connectivity index (χ4n) is 1.79. The predicted octanol–water partition coefficient (Wildman–Crippen LogP) is 1.78. The molecule has 0 spiro atoms. The van der Waals surface area contributed by atoms with Crippen LogP contribution >= 0.6 is 0 Å². The maximum absolute atomic E-state index is 13.5. The highest BCUT2D eigenvalue weighted by atomic mass is 19.1. The van der Waals surface area contributed by atoms with Gasteiger partial charge in [0.1, 0.15) is 23.2 Å². The highest BCUT2D eigenvalue weighted by molar-refractivity contribution is 5.54. The van der Waals surface area contributed by atoms with Crippen LogP contribution in [0.25, 0.3) is 0 Å². The van der Waals surface area contributed by atoms with Crippen LogP contribution in [0.2, 0.25) is 0 Å². The molecule has 1 heterocycles. The fourth-order valence-corrected chi connectivity index (χ4v) is 1.79. The molecule has 0 atom stereocenters. The van der Waals surface area contributed by atoms with Gasteiger partial charge in [-0.2, -0.15) is 5.26 Å². The monoisotopic (exact) mass is 207 g/mol. The van der Waals surface area contributed by atoms with E-state index in [1.807, 2.05) is 6.07 Å². The van der Waals surface area contributed by atoms with E-state index in [0.717, 1.165) is 11.1 Å². The second-order valence-corrected chi connectivity index (χ2v) is 3.34. The third-order valence-corrected chi connectivity index (χ3v) is 2.44. The summed E-state index contributed by atoms with van der Waals surface area (Å²) in [4.78, 5) is 0. The molecule has 0 fully saturated rings. The summed E-state index contributed by atoms with van der Waals surface area (Å²) in [5, 5.41) is 8.80. The van der Waals surface area contributed by atoms with E-state index in [4.69, 9.17) is 14.7 Å². The Labute approximate surface area is 87.0 Å². The summed E-state index contributed by atoms with van der Waals surface area (Å²) < 4.78 is 23.7. The Kier molecular flexibility index (Phi) is 2.57. The summed E-state index contributed by atoms with van der Waals surface area (Å²) in [7, 11) is 1.55. The van der Waals surface area contributed by atoms with Crippen molar-refractivity contribution >= 4 is 0 Å². The van der Waals surface area contributed by atoms with Crippen molar-refractivity contribution in [3.63, 3.8) is 0 Å². The van der Waals surface area contributed by atoms with E-state index < -0.39 is 5.82 Å². The zero-order valence-corrected chi connectivity index (χ0v) is 8.34. The molecule has 0 aliphatic carbocycles. The Morgan fingerprint density at radius 1 is 1.67 bits per heavy atom. The van der Waals surface area contributed by atoms with Crippen molar-refractivity contribution in [1.29, 1.82) is 5.26 Å². The van der Waals surface area contributed by atoms with Gasteiger partial charge >= 0.3 is 0 Å². The van der Waals surface area contributed by atoms with Gasteiger partial charge < -0.3 is 9.47 Å². The van der Waals surface area contributed by atoms with Crippen LogP contribution < -0.4 is 4.74 Å². The van der Waals surface area contributed by atoms with E-state index in [2.05, 4.69) is 0 Å². The maximum atomic E-state index is 13.5. The summed E-state index contributed by atoms with van der Waals surface area (Å²) >= 11 is 0. The van der Waals surface area contributed by atoms with Crippen LogP contribution in [0.3, 0.4) is 0 Å².